The molecule has 0 spiro atoms. The number of nitrogens with one attached hydrogen (secondary N) is 1. The Morgan fingerprint density at radius 2 is 2.03 bits per heavy atom. The van der Waals surface area contributed by atoms with E-state index in [2.05, 4.69) is 5.32 Å². The van der Waals surface area contributed by atoms with Crippen molar-refractivity contribution in [3.63, 3.8) is 0 Å². The monoisotopic (exact) mass is 413 g/mol. The first-order chi connectivity index (χ1) is 14.4. The van der Waals surface area contributed by atoms with Gasteiger partial charge in [-0.1, -0.05) is 0 Å². The first kappa shape index (κ1) is 21.3. The van der Waals surface area contributed by atoms with Crippen molar-refractivity contribution in [2.24, 2.45) is 0 Å². The van der Waals surface area contributed by atoms with Gasteiger partial charge in [0.2, 0.25) is 0 Å². The number of non-ortho nitro benzene ring substituents is 1. The predicted octanol–water partition coefficient (Wildman–Crippen LogP) is 2.99. The van der Waals surface area contributed by atoms with Gasteiger partial charge in [0.1, 0.15) is 5.75 Å². The number of nitrogens with zero attached hydrogens (tertiary/aromatic N) is 2. The number of amides is 2. The molecule has 2 aromatic rings. The fraction of sp³-hybridized carbons (Fsp3) is 0.333. The minimum Gasteiger partial charge on any atom is -0.481 e. The normalized spacial score (nSPS) is 15.7. The molecule has 1 heterocycles. The van der Waals surface area contributed by atoms with E-state index in [1.165, 1.54) is 24.3 Å². The van der Waals surface area contributed by atoms with E-state index in [1.54, 1.807) is 37.1 Å². The number of benzene rings is 2. The Morgan fingerprint density at radius 3 is 2.70 bits per heavy atom. The topological polar surface area (TPSA) is 111 Å². The Hall–Kier alpha value is -3.46. The second-order valence-corrected chi connectivity index (χ2v) is 6.95. The van der Waals surface area contributed by atoms with Gasteiger partial charge < -0.3 is 19.7 Å². The number of nitro benzene ring substituents is 1. The fourth-order valence-corrected chi connectivity index (χ4v) is 3.20. The smallest absolute Gasteiger partial charge is 0.269 e. The summed E-state index contributed by atoms with van der Waals surface area (Å²) in [7, 11) is 1.62. The van der Waals surface area contributed by atoms with Crippen LogP contribution in [0.1, 0.15) is 29.3 Å². The van der Waals surface area contributed by atoms with Crippen LogP contribution in [-0.4, -0.2) is 48.0 Å². The highest BCUT2D eigenvalue weighted by Crippen LogP contribution is 2.29. The number of rotatable bonds is 7. The summed E-state index contributed by atoms with van der Waals surface area (Å²) in [6, 6.07) is 10.6. The second kappa shape index (κ2) is 9.36. The van der Waals surface area contributed by atoms with Crippen molar-refractivity contribution < 1.29 is 24.0 Å². The number of hydrogen-bond donors (Lipinski definition) is 1. The van der Waals surface area contributed by atoms with E-state index in [-0.39, 0.29) is 17.5 Å². The van der Waals surface area contributed by atoms with E-state index in [1.807, 2.05) is 0 Å². The van der Waals surface area contributed by atoms with E-state index in [9.17, 15) is 19.7 Å². The highest BCUT2D eigenvalue weighted by molar-refractivity contribution is 6.04. The molecule has 1 aliphatic heterocycles. The molecule has 3 rings (SSSR count). The molecule has 2 aromatic carbocycles. The molecule has 0 aromatic heterocycles. The van der Waals surface area contributed by atoms with Crippen LogP contribution in [0.4, 0.5) is 11.4 Å². The molecule has 0 fully saturated rings. The Balaban J connectivity index is 1.76. The number of fused-ring (bicyclic) bond motifs is 1. The summed E-state index contributed by atoms with van der Waals surface area (Å²) in [5.74, 6) is 0.109. The van der Waals surface area contributed by atoms with Gasteiger partial charge in [0.05, 0.1) is 4.92 Å². The van der Waals surface area contributed by atoms with Crippen LogP contribution in [0.25, 0.3) is 0 Å². The van der Waals surface area contributed by atoms with E-state index < -0.39 is 11.0 Å². The number of ether oxygens (including phenoxy) is 2. The molecule has 0 radical (unpaired) electrons. The average Bonchev–Trinajstić information content (AvgIpc) is 2.85. The summed E-state index contributed by atoms with van der Waals surface area (Å²) >= 11 is 0. The SMILES string of the molecule is COCCCN1Cc2cc(NC(=O)c3ccc([N+](=O)[O-])cc3)ccc2O[C@@H](C)C1=O. The van der Waals surface area contributed by atoms with Crippen molar-refractivity contribution in [3.05, 3.63) is 63.7 Å². The molecule has 0 bridgehead atoms. The van der Waals surface area contributed by atoms with E-state index >= 15 is 0 Å². The molecule has 2 amide bonds. The quantitative estimate of drug-likeness (QED) is 0.424. The number of carbonyl (C=O) groups excluding carboxylic acids is 2. The molecule has 0 aliphatic carbocycles. The Bertz CT molecular complexity index is 944. The zero-order chi connectivity index (χ0) is 21.7. The summed E-state index contributed by atoms with van der Waals surface area (Å²) in [5, 5.41) is 13.5. The Labute approximate surface area is 173 Å². The van der Waals surface area contributed by atoms with Crippen LogP contribution in [0.15, 0.2) is 42.5 Å². The number of carbonyl (C=O) groups is 2. The van der Waals surface area contributed by atoms with Crippen molar-refractivity contribution in [1.29, 1.82) is 0 Å². The van der Waals surface area contributed by atoms with E-state index in [0.717, 1.165) is 5.56 Å². The van der Waals surface area contributed by atoms with Gasteiger partial charge in [0, 0.05) is 55.8 Å². The average molecular weight is 413 g/mol. The summed E-state index contributed by atoms with van der Waals surface area (Å²) in [6.07, 6.45) is 0.107. The maximum absolute atomic E-state index is 12.6. The summed E-state index contributed by atoms with van der Waals surface area (Å²) in [4.78, 5) is 37.0. The third-order valence-corrected chi connectivity index (χ3v) is 4.76. The third-order valence-electron chi connectivity index (χ3n) is 4.76. The van der Waals surface area contributed by atoms with Crippen LogP contribution in [0.5, 0.6) is 5.75 Å². The number of anilines is 1. The molecule has 1 atom stereocenters. The lowest BCUT2D eigenvalue weighted by Gasteiger charge is -2.22. The largest absolute Gasteiger partial charge is 0.481 e. The Kier molecular flexibility index (Phi) is 6.63. The molecule has 9 nitrogen and oxygen atoms in total. The highest BCUT2D eigenvalue weighted by Gasteiger charge is 2.27. The van der Waals surface area contributed by atoms with Crippen LogP contribution in [-0.2, 0) is 16.1 Å². The molecule has 0 unspecified atom stereocenters. The predicted molar refractivity (Wildman–Crippen MR) is 109 cm³/mol. The molecule has 1 aliphatic rings. The Morgan fingerprint density at radius 1 is 1.30 bits per heavy atom. The molecule has 0 saturated heterocycles. The maximum atomic E-state index is 12.6. The number of nitro groups is 1. The van der Waals surface area contributed by atoms with Gasteiger partial charge in [-0.05, 0) is 43.7 Å². The highest BCUT2D eigenvalue weighted by atomic mass is 16.6. The van der Waals surface area contributed by atoms with Crippen LogP contribution in [0, 0.1) is 10.1 Å². The van der Waals surface area contributed by atoms with Crippen molar-refractivity contribution in [2.75, 3.05) is 25.6 Å². The van der Waals surface area contributed by atoms with Crippen LogP contribution < -0.4 is 10.1 Å². The van der Waals surface area contributed by atoms with Gasteiger partial charge in [0.15, 0.2) is 6.10 Å². The van der Waals surface area contributed by atoms with Crippen LogP contribution in [0.3, 0.4) is 0 Å². The minimum absolute atomic E-state index is 0.0823. The lowest BCUT2D eigenvalue weighted by molar-refractivity contribution is -0.384. The summed E-state index contributed by atoms with van der Waals surface area (Å²) in [5.41, 5.74) is 1.55. The molecule has 1 N–H and O–H groups in total. The third kappa shape index (κ3) is 4.93. The standard InChI is InChI=1S/C21H23N3O6/c1-14-21(26)23(10-3-11-29-2)13-16-12-17(6-9-19(16)30-14)22-20(25)15-4-7-18(8-5-15)24(27)28/h4-9,12,14H,3,10-11,13H2,1-2H3,(H,22,25)/t14-/m0/s1. The lowest BCUT2D eigenvalue weighted by Crippen LogP contribution is -2.38. The summed E-state index contributed by atoms with van der Waals surface area (Å²) < 4.78 is 10.9. The summed E-state index contributed by atoms with van der Waals surface area (Å²) in [6.45, 7) is 3.17. The minimum atomic E-state index is -0.602. The lowest BCUT2D eigenvalue weighted by atomic mass is 10.1. The molecule has 30 heavy (non-hydrogen) atoms. The first-order valence-corrected chi connectivity index (χ1v) is 9.52. The zero-order valence-electron chi connectivity index (χ0n) is 16.8. The van der Waals surface area contributed by atoms with Gasteiger partial charge in [-0.2, -0.15) is 0 Å². The van der Waals surface area contributed by atoms with Gasteiger partial charge in [-0.15, -0.1) is 0 Å². The zero-order valence-corrected chi connectivity index (χ0v) is 16.8. The van der Waals surface area contributed by atoms with Crippen molar-refractivity contribution in [1.82, 2.24) is 4.90 Å². The van der Waals surface area contributed by atoms with Gasteiger partial charge in [-0.25, -0.2) is 0 Å². The van der Waals surface area contributed by atoms with Crippen LogP contribution in [0.2, 0.25) is 0 Å². The second-order valence-electron chi connectivity index (χ2n) is 6.95. The van der Waals surface area contributed by atoms with Gasteiger partial charge in [-0.3, -0.25) is 19.7 Å². The number of methoxy groups -OCH3 is 1. The fourth-order valence-electron chi connectivity index (χ4n) is 3.20. The van der Waals surface area contributed by atoms with Crippen molar-refractivity contribution in [3.8, 4) is 5.75 Å². The van der Waals surface area contributed by atoms with Crippen LogP contribution >= 0.6 is 0 Å². The van der Waals surface area contributed by atoms with Crippen molar-refractivity contribution >= 4 is 23.2 Å². The number of hydrogen-bond acceptors (Lipinski definition) is 6. The van der Waals surface area contributed by atoms with E-state index in [4.69, 9.17) is 9.47 Å². The molecular weight excluding hydrogens is 390 g/mol. The molecule has 158 valence electrons. The van der Waals surface area contributed by atoms with Gasteiger partial charge >= 0.3 is 0 Å². The molecule has 9 heteroatoms. The molecule has 0 saturated carbocycles. The molecular formula is C21H23N3O6. The maximum Gasteiger partial charge on any atom is 0.269 e. The van der Waals surface area contributed by atoms with Crippen molar-refractivity contribution in [2.45, 2.75) is 26.0 Å². The van der Waals surface area contributed by atoms with Gasteiger partial charge in [0.25, 0.3) is 17.5 Å². The van der Waals surface area contributed by atoms with E-state index in [0.29, 0.717) is 43.1 Å². The first-order valence-electron chi connectivity index (χ1n) is 9.52.